The molecular formula is C13H8ClFN2. The smallest absolute Gasteiger partial charge is 0.123 e. The molecule has 0 aliphatic heterocycles. The molecular weight excluding hydrogens is 239 g/mol. The summed E-state index contributed by atoms with van der Waals surface area (Å²) in [6, 6.07) is 11.5. The highest BCUT2D eigenvalue weighted by Gasteiger charge is 2.06. The van der Waals surface area contributed by atoms with Crippen LogP contribution < -0.4 is 0 Å². The molecule has 0 atom stereocenters. The van der Waals surface area contributed by atoms with E-state index in [0.29, 0.717) is 22.0 Å². The molecule has 1 aromatic carbocycles. The Hall–Kier alpha value is -1.92. The largest absolute Gasteiger partial charge is 0.250 e. The summed E-state index contributed by atoms with van der Waals surface area (Å²) >= 11 is 5.91. The Morgan fingerprint density at radius 1 is 1.29 bits per heavy atom. The van der Waals surface area contributed by atoms with E-state index in [0.717, 1.165) is 0 Å². The summed E-state index contributed by atoms with van der Waals surface area (Å²) < 4.78 is 13.1. The highest BCUT2D eigenvalue weighted by Crippen LogP contribution is 2.22. The first kappa shape index (κ1) is 11.6. The Balaban J connectivity index is 2.47. The number of nitrogens with zero attached hydrogens (tertiary/aromatic N) is 2. The third-order valence-corrected chi connectivity index (χ3v) is 2.63. The van der Waals surface area contributed by atoms with Crippen LogP contribution in [0.2, 0.25) is 5.02 Å². The second-order valence-electron chi connectivity index (χ2n) is 3.47. The van der Waals surface area contributed by atoms with E-state index >= 15 is 0 Å². The van der Waals surface area contributed by atoms with Gasteiger partial charge >= 0.3 is 0 Å². The molecule has 2 aromatic rings. The molecule has 0 spiro atoms. The van der Waals surface area contributed by atoms with Gasteiger partial charge in [-0.2, -0.15) is 5.26 Å². The highest BCUT2D eigenvalue weighted by atomic mass is 35.5. The van der Waals surface area contributed by atoms with Crippen LogP contribution in [0.4, 0.5) is 4.39 Å². The molecule has 17 heavy (non-hydrogen) atoms. The molecule has 1 heterocycles. The Bertz CT molecular complexity index is 590. The number of nitriles is 1. The van der Waals surface area contributed by atoms with E-state index in [1.165, 1.54) is 12.1 Å². The van der Waals surface area contributed by atoms with E-state index in [4.69, 9.17) is 16.9 Å². The van der Waals surface area contributed by atoms with Crippen LogP contribution in [-0.2, 0) is 6.42 Å². The SMILES string of the molecule is N#CCc1nc(-c2cccc(F)c2)ccc1Cl. The van der Waals surface area contributed by atoms with Gasteiger partial charge in [-0.1, -0.05) is 23.7 Å². The molecule has 1 aromatic heterocycles. The average molecular weight is 247 g/mol. The molecule has 0 unspecified atom stereocenters. The van der Waals surface area contributed by atoms with Crippen LogP contribution in [0, 0.1) is 17.1 Å². The van der Waals surface area contributed by atoms with Crippen molar-refractivity contribution in [3.05, 3.63) is 52.9 Å². The molecule has 2 rings (SSSR count). The number of rotatable bonds is 2. The van der Waals surface area contributed by atoms with E-state index in [9.17, 15) is 4.39 Å². The zero-order valence-corrected chi connectivity index (χ0v) is 9.58. The second-order valence-corrected chi connectivity index (χ2v) is 3.88. The Kier molecular flexibility index (Phi) is 3.36. The fourth-order valence-electron chi connectivity index (χ4n) is 1.49. The molecule has 0 aliphatic rings. The van der Waals surface area contributed by atoms with Gasteiger partial charge in [-0.25, -0.2) is 4.39 Å². The fraction of sp³-hybridized carbons (Fsp3) is 0.0769. The normalized spacial score (nSPS) is 9.94. The second kappa shape index (κ2) is 4.94. The van der Waals surface area contributed by atoms with E-state index < -0.39 is 0 Å². The van der Waals surface area contributed by atoms with E-state index in [1.54, 1.807) is 24.3 Å². The summed E-state index contributed by atoms with van der Waals surface area (Å²) in [5.41, 5.74) is 1.79. The maximum absolute atomic E-state index is 13.1. The molecule has 0 saturated carbocycles. The number of aromatic nitrogens is 1. The van der Waals surface area contributed by atoms with Gasteiger partial charge in [0.1, 0.15) is 5.82 Å². The van der Waals surface area contributed by atoms with E-state index in [2.05, 4.69) is 4.98 Å². The minimum atomic E-state index is -0.318. The lowest BCUT2D eigenvalue weighted by molar-refractivity contribution is 0.628. The molecule has 0 N–H and O–H groups in total. The molecule has 4 heteroatoms. The van der Waals surface area contributed by atoms with Crippen molar-refractivity contribution in [1.82, 2.24) is 4.98 Å². The minimum Gasteiger partial charge on any atom is -0.250 e. The van der Waals surface area contributed by atoms with Gasteiger partial charge in [-0.3, -0.25) is 4.98 Å². The van der Waals surface area contributed by atoms with Gasteiger partial charge in [0.05, 0.1) is 28.9 Å². The number of hydrogen-bond acceptors (Lipinski definition) is 2. The molecule has 0 fully saturated rings. The van der Waals surface area contributed by atoms with Gasteiger partial charge < -0.3 is 0 Å². The van der Waals surface area contributed by atoms with Crippen molar-refractivity contribution in [1.29, 1.82) is 5.26 Å². The van der Waals surface area contributed by atoms with Crippen molar-refractivity contribution in [3.63, 3.8) is 0 Å². The molecule has 0 aliphatic carbocycles. The lowest BCUT2D eigenvalue weighted by Gasteiger charge is -2.04. The first-order chi connectivity index (χ1) is 8.20. The number of benzene rings is 1. The number of halogens is 2. The Labute approximate surface area is 103 Å². The van der Waals surface area contributed by atoms with Gasteiger partial charge in [0, 0.05) is 5.56 Å². The molecule has 0 bridgehead atoms. The monoisotopic (exact) mass is 246 g/mol. The van der Waals surface area contributed by atoms with Crippen LogP contribution in [-0.4, -0.2) is 4.98 Å². The number of hydrogen-bond donors (Lipinski definition) is 0. The zero-order valence-electron chi connectivity index (χ0n) is 8.82. The first-order valence-electron chi connectivity index (χ1n) is 4.99. The van der Waals surface area contributed by atoms with Crippen LogP contribution in [0.15, 0.2) is 36.4 Å². The predicted molar refractivity (Wildman–Crippen MR) is 64.0 cm³/mol. The Morgan fingerprint density at radius 3 is 2.82 bits per heavy atom. The van der Waals surface area contributed by atoms with Crippen molar-refractivity contribution >= 4 is 11.6 Å². The van der Waals surface area contributed by atoms with Gasteiger partial charge in [-0.05, 0) is 24.3 Å². The summed E-state index contributed by atoms with van der Waals surface area (Å²) in [6.45, 7) is 0. The Morgan fingerprint density at radius 2 is 2.12 bits per heavy atom. The summed E-state index contributed by atoms with van der Waals surface area (Å²) in [5.74, 6) is -0.318. The van der Waals surface area contributed by atoms with Crippen LogP contribution in [0.1, 0.15) is 5.69 Å². The molecule has 0 amide bonds. The van der Waals surface area contributed by atoms with Gasteiger partial charge in [0.25, 0.3) is 0 Å². The van der Waals surface area contributed by atoms with E-state index in [1.807, 2.05) is 6.07 Å². The summed E-state index contributed by atoms with van der Waals surface area (Å²) in [4.78, 5) is 4.25. The summed E-state index contributed by atoms with van der Waals surface area (Å²) in [7, 11) is 0. The maximum atomic E-state index is 13.1. The lowest BCUT2D eigenvalue weighted by atomic mass is 10.1. The zero-order chi connectivity index (χ0) is 12.3. The standard InChI is InChI=1S/C13H8ClFN2/c14-11-4-5-12(17-13(11)6-7-16)9-2-1-3-10(15)8-9/h1-5,8H,6H2. The number of pyridine rings is 1. The molecule has 2 nitrogen and oxygen atoms in total. The quantitative estimate of drug-likeness (QED) is 0.812. The molecule has 0 radical (unpaired) electrons. The van der Waals surface area contributed by atoms with Gasteiger partial charge in [0.15, 0.2) is 0 Å². The molecule has 0 saturated heterocycles. The van der Waals surface area contributed by atoms with Crippen molar-refractivity contribution in [2.24, 2.45) is 0 Å². The van der Waals surface area contributed by atoms with Crippen molar-refractivity contribution in [3.8, 4) is 17.3 Å². The fourth-order valence-corrected chi connectivity index (χ4v) is 1.66. The average Bonchev–Trinajstić information content (AvgIpc) is 2.32. The topological polar surface area (TPSA) is 36.7 Å². The maximum Gasteiger partial charge on any atom is 0.123 e. The van der Waals surface area contributed by atoms with Crippen LogP contribution in [0.25, 0.3) is 11.3 Å². The first-order valence-corrected chi connectivity index (χ1v) is 5.37. The third-order valence-electron chi connectivity index (χ3n) is 2.29. The van der Waals surface area contributed by atoms with Crippen molar-refractivity contribution in [2.45, 2.75) is 6.42 Å². The third kappa shape index (κ3) is 2.61. The van der Waals surface area contributed by atoms with Crippen LogP contribution in [0.5, 0.6) is 0 Å². The van der Waals surface area contributed by atoms with Crippen molar-refractivity contribution < 1.29 is 4.39 Å². The highest BCUT2D eigenvalue weighted by molar-refractivity contribution is 6.31. The predicted octanol–water partition coefficient (Wildman–Crippen LogP) is 3.61. The summed E-state index contributed by atoms with van der Waals surface area (Å²) in [5, 5.41) is 9.09. The van der Waals surface area contributed by atoms with Crippen LogP contribution >= 0.6 is 11.6 Å². The molecule has 84 valence electrons. The van der Waals surface area contributed by atoms with Gasteiger partial charge in [0.2, 0.25) is 0 Å². The van der Waals surface area contributed by atoms with E-state index in [-0.39, 0.29) is 12.2 Å². The van der Waals surface area contributed by atoms with Crippen LogP contribution in [0.3, 0.4) is 0 Å². The summed E-state index contributed by atoms with van der Waals surface area (Å²) in [6.07, 6.45) is 0.141. The van der Waals surface area contributed by atoms with Crippen molar-refractivity contribution in [2.75, 3.05) is 0 Å². The lowest BCUT2D eigenvalue weighted by Crippen LogP contribution is -1.93. The minimum absolute atomic E-state index is 0.141. The van der Waals surface area contributed by atoms with Gasteiger partial charge in [-0.15, -0.1) is 0 Å².